The van der Waals surface area contributed by atoms with Gasteiger partial charge in [0, 0.05) is 25.9 Å². The lowest BCUT2D eigenvalue weighted by Crippen LogP contribution is -2.20. The molecular weight excluding hydrogens is 368 g/mol. The first-order valence-corrected chi connectivity index (χ1v) is 10.5. The van der Waals surface area contributed by atoms with Crippen LogP contribution < -0.4 is 0 Å². The van der Waals surface area contributed by atoms with Crippen molar-refractivity contribution < 1.29 is 24.9 Å². The van der Waals surface area contributed by atoms with Gasteiger partial charge in [0.2, 0.25) is 0 Å². The van der Waals surface area contributed by atoms with Gasteiger partial charge in [-0.25, -0.2) is 0 Å². The van der Waals surface area contributed by atoms with Crippen LogP contribution in [0.1, 0.15) is 44.1 Å². The Morgan fingerprint density at radius 1 is 1.21 bits per heavy atom. The maximum Gasteiger partial charge on any atom is 0.303 e. The predicted molar refractivity (Wildman–Crippen MR) is 114 cm³/mol. The fraction of sp³-hybridized carbons (Fsp3) is 0.542. The summed E-state index contributed by atoms with van der Waals surface area (Å²) >= 11 is 0. The second kappa shape index (κ2) is 12.6. The van der Waals surface area contributed by atoms with Crippen LogP contribution in [0.25, 0.3) is 0 Å². The molecule has 0 aromatic heterocycles. The van der Waals surface area contributed by atoms with E-state index in [2.05, 4.69) is 12.1 Å². The van der Waals surface area contributed by atoms with Crippen molar-refractivity contribution in [3.05, 3.63) is 60.2 Å². The molecule has 1 aliphatic rings. The summed E-state index contributed by atoms with van der Waals surface area (Å²) in [5, 5.41) is 29.4. The summed E-state index contributed by atoms with van der Waals surface area (Å²) in [7, 11) is 1.69. The average molecular weight is 403 g/mol. The SMILES string of the molecule is CO[C@H](/C=C/[C@@H]1[C@@H](C/C=C\CCCC(=O)O)[C@@H](O)C[C@H]1O)CCc1ccccc1. The van der Waals surface area contributed by atoms with E-state index < -0.39 is 18.2 Å². The molecule has 1 aromatic carbocycles. The Kier molecular flexibility index (Phi) is 10.1. The summed E-state index contributed by atoms with van der Waals surface area (Å²) in [6.45, 7) is 0. The highest BCUT2D eigenvalue weighted by Gasteiger charge is 2.39. The predicted octanol–water partition coefficient (Wildman–Crippen LogP) is 3.75. The number of carboxylic acid groups (broad SMARTS) is 1. The Balaban J connectivity index is 1.87. The van der Waals surface area contributed by atoms with Gasteiger partial charge in [0.15, 0.2) is 0 Å². The summed E-state index contributed by atoms with van der Waals surface area (Å²) in [6, 6.07) is 10.3. The molecule has 160 valence electrons. The Morgan fingerprint density at radius 2 is 1.97 bits per heavy atom. The molecule has 5 heteroatoms. The van der Waals surface area contributed by atoms with Crippen LogP contribution in [0.4, 0.5) is 0 Å². The van der Waals surface area contributed by atoms with E-state index in [0.717, 1.165) is 12.8 Å². The van der Waals surface area contributed by atoms with Gasteiger partial charge in [-0.05, 0) is 43.6 Å². The number of carboxylic acids is 1. The number of carbonyl (C=O) groups is 1. The Morgan fingerprint density at radius 3 is 2.66 bits per heavy atom. The molecule has 1 aliphatic carbocycles. The summed E-state index contributed by atoms with van der Waals surface area (Å²) in [5.41, 5.74) is 1.27. The second-order valence-electron chi connectivity index (χ2n) is 7.79. The molecule has 1 aromatic rings. The van der Waals surface area contributed by atoms with Gasteiger partial charge < -0.3 is 20.1 Å². The number of ether oxygens (including phenoxy) is 1. The van der Waals surface area contributed by atoms with Crippen LogP contribution in [0, 0.1) is 11.8 Å². The number of aryl methyl sites for hydroxylation is 1. The van der Waals surface area contributed by atoms with Gasteiger partial charge in [0.05, 0.1) is 18.3 Å². The molecule has 0 amide bonds. The van der Waals surface area contributed by atoms with Crippen molar-refractivity contribution in [3.8, 4) is 0 Å². The van der Waals surface area contributed by atoms with E-state index in [9.17, 15) is 15.0 Å². The molecule has 3 N–H and O–H groups in total. The topological polar surface area (TPSA) is 87.0 Å². The third kappa shape index (κ3) is 8.13. The number of benzene rings is 1. The highest BCUT2D eigenvalue weighted by molar-refractivity contribution is 5.66. The third-order valence-corrected chi connectivity index (χ3v) is 5.66. The van der Waals surface area contributed by atoms with E-state index in [4.69, 9.17) is 9.84 Å². The fourth-order valence-corrected chi connectivity index (χ4v) is 3.95. The molecule has 5 nitrogen and oxygen atoms in total. The molecule has 0 saturated heterocycles. The minimum Gasteiger partial charge on any atom is -0.481 e. The van der Waals surface area contributed by atoms with Gasteiger partial charge in [-0.15, -0.1) is 0 Å². The lowest BCUT2D eigenvalue weighted by atomic mass is 9.89. The zero-order valence-electron chi connectivity index (χ0n) is 17.2. The number of hydrogen-bond donors (Lipinski definition) is 3. The van der Waals surface area contributed by atoms with Crippen molar-refractivity contribution in [1.82, 2.24) is 0 Å². The van der Waals surface area contributed by atoms with E-state index in [0.29, 0.717) is 25.7 Å². The summed E-state index contributed by atoms with van der Waals surface area (Å²) < 4.78 is 5.58. The molecule has 1 saturated carbocycles. The first-order chi connectivity index (χ1) is 14.0. The van der Waals surface area contributed by atoms with Gasteiger partial charge in [-0.3, -0.25) is 4.79 Å². The Bertz CT molecular complexity index is 654. The molecule has 0 unspecified atom stereocenters. The van der Waals surface area contributed by atoms with E-state index in [1.807, 2.05) is 42.5 Å². The summed E-state index contributed by atoms with van der Waals surface area (Å²) in [5.74, 6) is -0.926. The van der Waals surface area contributed by atoms with Crippen LogP contribution >= 0.6 is 0 Å². The number of hydrogen-bond acceptors (Lipinski definition) is 4. The number of allylic oxidation sites excluding steroid dienone is 2. The molecule has 29 heavy (non-hydrogen) atoms. The van der Waals surface area contributed by atoms with Gasteiger partial charge in [0.25, 0.3) is 0 Å². The molecule has 1 fully saturated rings. The van der Waals surface area contributed by atoms with Crippen molar-refractivity contribution in [1.29, 1.82) is 0 Å². The van der Waals surface area contributed by atoms with Crippen LogP contribution in [0.5, 0.6) is 0 Å². The van der Waals surface area contributed by atoms with Crippen molar-refractivity contribution in [2.24, 2.45) is 11.8 Å². The Labute approximate surface area is 173 Å². The normalized spacial score (nSPS) is 25.8. The molecule has 5 atom stereocenters. The quantitative estimate of drug-likeness (QED) is 0.366. The first-order valence-electron chi connectivity index (χ1n) is 10.5. The highest BCUT2D eigenvalue weighted by atomic mass is 16.5. The molecule has 0 aliphatic heterocycles. The second-order valence-corrected chi connectivity index (χ2v) is 7.79. The zero-order chi connectivity index (χ0) is 21.1. The standard InChI is InChI=1S/C24H34O5/c1-29-19(14-13-18-9-5-4-6-10-18)15-16-21-20(22(25)17-23(21)26)11-7-2-3-8-12-24(27)28/h2,4-7,9-10,15-16,19-23,25-26H,3,8,11-14,17H2,1H3,(H,27,28)/b7-2-,16-15+/t19-,20+,21+,22-,23+/m0/s1. The van der Waals surface area contributed by atoms with Gasteiger partial charge in [-0.1, -0.05) is 54.6 Å². The van der Waals surface area contributed by atoms with Crippen molar-refractivity contribution in [2.45, 2.75) is 63.3 Å². The summed E-state index contributed by atoms with van der Waals surface area (Å²) in [4.78, 5) is 10.5. The highest BCUT2D eigenvalue weighted by Crippen LogP contribution is 2.36. The molecule has 0 heterocycles. The van der Waals surface area contributed by atoms with Crippen LogP contribution in [0.3, 0.4) is 0 Å². The Hall–Kier alpha value is -1.95. The maximum absolute atomic E-state index is 10.5. The van der Waals surface area contributed by atoms with Crippen molar-refractivity contribution >= 4 is 5.97 Å². The number of rotatable bonds is 12. The van der Waals surface area contributed by atoms with Crippen LogP contribution in [0.15, 0.2) is 54.6 Å². The zero-order valence-corrected chi connectivity index (χ0v) is 17.2. The van der Waals surface area contributed by atoms with E-state index >= 15 is 0 Å². The third-order valence-electron chi connectivity index (χ3n) is 5.66. The van der Waals surface area contributed by atoms with E-state index in [1.54, 1.807) is 7.11 Å². The minimum absolute atomic E-state index is 0.0349. The first kappa shape index (κ1) is 23.3. The monoisotopic (exact) mass is 402 g/mol. The van der Waals surface area contributed by atoms with Crippen LogP contribution in [-0.4, -0.2) is 46.7 Å². The fourth-order valence-electron chi connectivity index (χ4n) is 3.95. The lowest BCUT2D eigenvalue weighted by molar-refractivity contribution is -0.137. The number of aliphatic hydroxyl groups excluding tert-OH is 2. The van der Waals surface area contributed by atoms with E-state index in [-0.39, 0.29) is 24.4 Å². The molecule has 0 radical (unpaired) electrons. The largest absolute Gasteiger partial charge is 0.481 e. The molecule has 2 rings (SSSR count). The molecule has 0 spiro atoms. The van der Waals surface area contributed by atoms with Gasteiger partial charge >= 0.3 is 5.97 Å². The number of aliphatic carboxylic acids is 1. The van der Waals surface area contributed by atoms with Gasteiger partial charge in [0.1, 0.15) is 0 Å². The van der Waals surface area contributed by atoms with Crippen LogP contribution in [-0.2, 0) is 16.0 Å². The molecular formula is C24H34O5. The van der Waals surface area contributed by atoms with Crippen LogP contribution in [0.2, 0.25) is 0 Å². The number of unbranched alkanes of at least 4 members (excludes halogenated alkanes) is 1. The van der Waals surface area contributed by atoms with Crippen molar-refractivity contribution in [2.75, 3.05) is 7.11 Å². The summed E-state index contributed by atoms with van der Waals surface area (Å²) in [6.07, 6.45) is 11.2. The van der Waals surface area contributed by atoms with Crippen molar-refractivity contribution in [3.63, 3.8) is 0 Å². The van der Waals surface area contributed by atoms with E-state index in [1.165, 1.54) is 5.56 Å². The lowest BCUT2D eigenvalue weighted by Gasteiger charge is -2.20. The molecule has 0 bridgehead atoms. The maximum atomic E-state index is 10.5. The number of aliphatic hydroxyl groups is 2. The minimum atomic E-state index is -0.780. The number of methoxy groups -OCH3 is 1. The average Bonchev–Trinajstić information content (AvgIpc) is 2.98. The smallest absolute Gasteiger partial charge is 0.303 e. The van der Waals surface area contributed by atoms with Gasteiger partial charge in [-0.2, -0.15) is 0 Å².